The molecule has 0 bridgehead atoms. The van der Waals surface area contributed by atoms with E-state index in [4.69, 9.17) is 17.3 Å². The molecule has 0 aliphatic rings. The first-order valence-electron chi connectivity index (χ1n) is 3.79. The summed E-state index contributed by atoms with van der Waals surface area (Å²) < 4.78 is 0. The molecule has 2 nitrogen and oxygen atoms in total. The summed E-state index contributed by atoms with van der Waals surface area (Å²) in [7, 11) is 0. The molecule has 1 unspecified atom stereocenters. The third-order valence-electron chi connectivity index (χ3n) is 1.82. The van der Waals surface area contributed by atoms with Gasteiger partial charge in [-0.3, -0.25) is 0 Å². The summed E-state index contributed by atoms with van der Waals surface area (Å²) >= 11 is 5.77. The SMILES string of the molecule is Cc1ccc(Cl)cc1C(O)CN. The van der Waals surface area contributed by atoms with Crippen molar-refractivity contribution in [2.75, 3.05) is 6.54 Å². The summed E-state index contributed by atoms with van der Waals surface area (Å²) in [5, 5.41) is 10.1. The third kappa shape index (κ3) is 1.97. The minimum atomic E-state index is -0.608. The normalized spacial score (nSPS) is 13.0. The second kappa shape index (κ2) is 3.90. The number of aryl methyl sites for hydroxylation is 1. The maximum absolute atomic E-state index is 9.45. The first kappa shape index (κ1) is 9.52. The lowest BCUT2D eigenvalue weighted by molar-refractivity contribution is 0.186. The van der Waals surface area contributed by atoms with Gasteiger partial charge in [-0.15, -0.1) is 0 Å². The van der Waals surface area contributed by atoms with E-state index in [9.17, 15) is 5.11 Å². The predicted octanol–water partition coefficient (Wildman–Crippen LogP) is 1.64. The molecule has 0 saturated carbocycles. The molecule has 1 rings (SSSR count). The summed E-state index contributed by atoms with van der Waals surface area (Å²) in [6.45, 7) is 2.14. The monoisotopic (exact) mass is 185 g/mol. The maximum atomic E-state index is 9.45. The molecule has 3 heteroatoms. The van der Waals surface area contributed by atoms with Gasteiger partial charge in [0.05, 0.1) is 6.10 Å². The molecule has 66 valence electrons. The Kier molecular flexibility index (Phi) is 3.09. The van der Waals surface area contributed by atoms with E-state index in [0.29, 0.717) is 5.02 Å². The molecule has 3 N–H and O–H groups in total. The molecule has 0 heterocycles. The third-order valence-corrected chi connectivity index (χ3v) is 2.06. The second-order valence-electron chi connectivity index (χ2n) is 2.75. The van der Waals surface area contributed by atoms with Gasteiger partial charge in [-0.05, 0) is 30.2 Å². The van der Waals surface area contributed by atoms with Crippen molar-refractivity contribution in [3.63, 3.8) is 0 Å². The van der Waals surface area contributed by atoms with Gasteiger partial charge in [-0.2, -0.15) is 0 Å². The number of halogens is 1. The summed E-state index contributed by atoms with van der Waals surface area (Å²) in [5.74, 6) is 0. The van der Waals surface area contributed by atoms with Crippen LogP contribution in [0.2, 0.25) is 5.02 Å². The summed E-state index contributed by atoms with van der Waals surface area (Å²) in [6.07, 6.45) is -0.608. The van der Waals surface area contributed by atoms with Crippen molar-refractivity contribution in [2.24, 2.45) is 5.73 Å². The van der Waals surface area contributed by atoms with Crippen LogP contribution in [-0.4, -0.2) is 11.7 Å². The van der Waals surface area contributed by atoms with E-state index in [-0.39, 0.29) is 6.54 Å². The lowest BCUT2D eigenvalue weighted by Gasteiger charge is -2.11. The molecule has 0 radical (unpaired) electrons. The first-order valence-corrected chi connectivity index (χ1v) is 4.17. The second-order valence-corrected chi connectivity index (χ2v) is 3.19. The number of nitrogens with two attached hydrogens (primary N) is 1. The Morgan fingerprint density at radius 3 is 2.83 bits per heavy atom. The van der Waals surface area contributed by atoms with E-state index in [1.165, 1.54) is 0 Å². The quantitative estimate of drug-likeness (QED) is 0.736. The summed E-state index contributed by atoms with van der Waals surface area (Å²) in [5.41, 5.74) is 7.15. The van der Waals surface area contributed by atoms with Crippen LogP contribution in [0.15, 0.2) is 18.2 Å². The number of hydrogen-bond acceptors (Lipinski definition) is 2. The molecule has 0 amide bonds. The van der Waals surface area contributed by atoms with Crippen LogP contribution in [0.3, 0.4) is 0 Å². The van der Waals surface area contributed by atoms with Crippen LogP contribution in [0.25, 0.3) is 0 Å². The molecular formula is C9H12ClNO. The average Bonchev–Trinajstić information content (AvgIpc) is 2.08. The zero-order valence-electron chi connectivity index (χ0n) is 6.92. The molecule has 0 aliphatic carbocycles. The maximum Gasteiger partial charge on any atom is 0.0915 e. The molecule has 0 aromatic heterocycles. The number of benzene rings is 1. The van der Waals surface area contributed by atoms with Crippen molar-refractivity contribution in [1.29, 1.82) is 0 Å². The molecule has 1 aromatic rings. The van der Waals surface area contributed by atoms with Gasteiger partial charge >= 0.3 is 0 Å². The average molecular weight is 186 g/mol. The Bertz CT molecular complexity index is 275. The largest absolute Gasteiger partial charge is 0.387 e. The molecule has 0 fully saturated rings. The van der Waals surface area contributed by atoms with E-state index >= 15 is 0 Å². The van der Waals surface area contributed by atoms with Gasteiger partial charge in [0.15, 0.2) is 0 Å². The Balaban J connectivity index is 3.04. The van der Waals surface area contributed by atoms with Crippen molar-refractivity contribution in [3.8, 4) is 0 Å². The van der Waals surface area contributed by atoms with Gasteiger partial charge in [0.25, 0.3) is 0 Å². The van der Waals surface area contributed by atoms with Crippen LogP contribution in [-0.2, 0) is 0 Å². The Morgan fingerprint density at radius 2 is 2.25 bits per heavy atom. The van der Waals surface area contributed by atoms with E-state index < -0.39 is 6.10 Å². The molecule has 1 atom stereocenters. The van der Waals surface area contributed by atoms with E-state index in [1.807, 2.05) is 13.0 Å². The topological polar surface area (TPSA) is 46.2 Å². The highest BCUT2D eigenvalue weighted by molar-refractivity contribution is 6.30. The van der Waals surface area contributed by atoms with Gasteiger partial charge in [-0.25, -0.2) is 0 Å². The van der Waals surface area contributed by atoms with Crippen molar-refractivity contribution in [2.45, 2.75) is 13.0 Å². The number of hydrogen-bond donors (Lipinski definition) is 2. The molecule has 0 aliphatic heterocycles. The van der Waals surface area contributed by atoms with Crippen molar-refractivity contribution in [1.82, 2.24) is 0 Å². The van der Waals surface area contributed by atoms with Gasteiger partial charge in [-0.1, -0.05) is 17.7 Å². The summed E-state index contributed by atoms with van der Waals surface area (Å²) in [4.78, 5) is 0. The van der Waals surface area contributed by atoms with Crippen LogP contribution in [0.1, 0.15) is 17.2 Å². The van der Waals surface area contributed by atoms with E-state index in [2.05, 4.69) is 0 Å². The van der Waals surface area contributed by atoms with Crippen molar-refractivity contribution < 1.29 is 5.11 Å². The first-order chi connectivity index (χ1) is 5.65. The zero-order valence-corrected chi connectivity index (χ0v) is 7.67. The molecular weight excluding hydrogens is 174 g/mol. The lowest BCUT2D eigenvalue weighted by atomic mass is 10.0. The van der Waals surface area contributed by atoms with E-state index in [0.717, 1.165) is 11.1 Å². The summed E-state index contributed by atoms with van der Waals surface area (Å²) in [6, 6.07) is 5.41. The Hall–Kier alpha value is -0.570. The fourth-order valence-corrected chi connectivity index (χ4v) is 1.28. The molecule has 12 heavy (non-hydrogen) atoms. The number of rotatable bonds is 2. The molecule has 1 aromatic carbocycles. The van der Waals surface area contributed by atoms with Gasteiger partial charge in [0, 0.05) is 11.6 Å². The highest BCUT2D eigenvalue weighted by Crippen LogP contribution is 2.20. The van der Waals surface area contributed by atoms with E-state index in [1.54, 1.807) is 12.1 Å². The minimum Gasteiger partial charge on any atom is -0.387 e. The molecule has 0 saturated heterocycles. The standard InChI is InChI=1S/C9H12ClNO/c1-6-2-3-7(10)4-8(6)9(12)5-11/h2-4,9,12H,5,11H2,1H3. The van der Waals surface area contributed by atoms with Crippen LogP contribution < -0.4 is 5.73 Å². The fraction of sp³-hybridized carbons (Fsp3) is 0.333. The predicted molar refractivity (Wildman–Crippen MR) is 50.2 cm³/mol. The van der Waals surface area contributed by atoms with Crippen LogP contribution in [0.4, 0.5) is 0 Å². The van der Waals surface area contributed by atoms with Crippen LogP contribution in [0, 0.1) is 6.92 Å². The van der Waals surface area contributed by atoms with Gasteiger partial charge in [0.2, 0.25) is 0 Å². The van der Waals surface area contributed by atoms with Gasteiger partial charge in [0.1, 0.15) is 0 Å². The lowest BCUT2D eigenvalue weighted by Crippen LogP contribution is -2.12. The fourth-order valence-electron chi connectivity index (χ4n) is 1.10. The van der Waals surface area contributed by atoms with Crippen LogP contribution in [0.5, 0.6) is 0 Å². The Labute approximate surface area is 77.0 Å². The highest BCUT2D eigenvalue weighted by Gasteiger charge is 2.07. The van der Waals surface area contributed by atoms with Gasteiger partial charge < -0.3 is 10.8 Å². The Morgan fingerprint density at radius 1 is 1.58 bits per heavy atom. The van der Waals surface area contributed by atoms with Crippen LogP contribution >= 0.6 is 11.6 Å². The van der Waals surface area contributed by atoms with Crippen molar-refractivity contribution >= 4 is 11.6 Å². The highest BCUT2D eigenvalue weighted by atomic mass is 35.5. The van der Waals surface area contributed by atoms with Crippen molar-refractivity contribution in [3.05, 3.63) is 34.3 Å². The zero-order chi connectivity index (χ0) is 9.14. The number of aliphatic hydroxyl groups excluding tert-OH is 1. The number of aliphatic hydroxyl groups is 1. The smallest absolute Gasteiger partial charge is 0.0915 e. The minimum absolute atomic E-state index is 0.223. The molecule has 0 spiro atoms.